The third kappa shape index (κ3) is 2.45. The lowest BCUT2D eigenvalue weighted by Gasteiger charge is -2.12. The summed E-state index contributed by atoms with van der Waals surface area (Å²) in [4.78, 5) is 18.4. The highest BCUT2D eigenvalue weighted by Crippen LogP contribution is 2.36. The lowest BCUT2D eigenvalue weighted by atomic mass is 10.1. The molecule has 0 spiro atoms. The van der Waals surface area contributed by atoms with Crippen molar-refractivity contribution in [3.63, 3.8) is 0 Å². The number of fused-ring (bicyclic) bond motifs is 1. The molecule has 5 nitrogen and oxygen atoms in total. The van der Waals surface area contributed by atoms with E-state index in [0.29, 0.717) is 5.69 Å². The molecular weight excluding hydrogens is 311 g/mol. The average molecular weight is 323 g/mol. The fraction of sp³-hybridized carbons (Fsp3) is 0.200. The average Bonchev–Trinajstić information content (AvgIpc) is 2.81. The van der Waals surface area contributed by atoms with Crippen molar-refractivity contribution in [2.75, 3.05) is 0 Å². The van der Waals surface area contributed by atoms with Crippen LogP contribution in [0.2, 0.25) is 0 Å². The Morgan fingerprint density at radius 1 is 1.26 bits per heavy atom. The Labute approximate surface area is 128 Å². The molecule has 3 rings (SSSR count). The monoisotopic (exact) mass is 323 g/mol. The number of benzene rings is 1. The van der Waals surface area contributed by atoms with Crippen molar-refractivity contribution in [1.29, 1.82) is 0 Å². The first-order valence-corrected chi connectivity index (χ1v) is 6.82. The molecule has 8 heteroatoms. The van der Waals surface area contributed by atoms with Crippen LogP contribution < -0.4 is 5.69 Å². The number of phenolic OH excluding ortho intramolecular Hbond substituents is 1. The number of aromatic hydroxyl groups is 1. The molecule has 0 aliphatic rings. The van der Waals surface area contributed by atoms with Gasteiger partial charge in [-0.15, -0.1) is 0 Å². The number of halogens is 3. The minimum absolute atomic E-state index is 0.0150. The van der Waals surface area contributed by atoms with Crippen molar-refractivity contribution in [2.45, 2.75) is 19.5 Å². The van der Waals surface area contributed by atoms with Crippen LogP contribution in [0.4, 0.5) is 13.2 Å². The standard InChI is InChI=1S/C15H12F3N3O2/c1-2-8-7-19-13-12(11(8)15(16,17)18)20-14(23)21(13)9-3-5-10(22)6-4-9/h3-7,22H,2H2,1H3,(H,20,23). The molecule has 0 aliphatic carbocycles. The molecule has 2 N–H and O–H groups in total. The number of hydrogen-bond donors (Lipinski definition) is 2. The van der Waals surface area contributed by atoms with E-state index >= 15 is 0 Å². The topological polar surface area (TPSA) is 70.9 Å². The van der Waals surface area contributed by atoms with Gasteiger partial charge in [-0.2, -0.15) is 13.2 Å². The van der Waals surface area contributed by atoms with E-state index in [1.54, 1.807) is 6.92 Å². The summed E-state index contributed by atoms with van der Waals surface area (Å²) in [5.41, 5.74) is -1.72. The second-order valence-corrected chi connectivity index (χ2v) is 4.99. The van der Waals surface area contributed by atoms with Crippen LogP contribution in [0.3, 0.4) is 0 Å². The number of aromatic amines is 1. The number of aromatic nitrogens is 3. The molecule has 0 saturated carbocycles. The molecule has 2 heterocycles. The summed E-state index contributed by atoms with van der Waals surface area (Å²) in [6.07, 6.45) is -3.32. The van der Waals surface area contributed by atoms with E-state index in [0.717, 1.165) is 10.8 Å². The number of alkyl halides is 3. The molecule has 0 radical (unpaired) electrons. The van der Waals surface area contributed by atoms with Crippen molar-refractivity contribution in [1.82, 2.24) is 14.5 Å². The zero-order chi connectivity index (χ0) is 16.8. The highest BCUT2D eigenvalue weighted by atomic mass is 19.4. The number of aryl methyl sites for hydroxylation is 1. The summed E-state index contributed by atoms with van der Waals surface area (Å²) in [5.74, 6) is -0.0150. The molecule has 0 fully saturated rings. The zero-order valence-electron chi connectivity index (χ0n) is 12.0. The van der Waals surface area contributed by atoms with Crippen LogP contribution in [0.25, 0.3) is 16.9 Å². The first-order valence-electron chi connectivity index (χ1n) is 6.82. The summed E-state index contributed by atoms with van der Waals surface area (Å²) in [6, 6.07) is 5.52. The number of imidazole rings is 1. The Hall–Kier alpha value is -2.77. The van der Waals surface area contributed by atoms with Crippen LogP contribution in [0.5, 0.6) is 5.75 Å². The van der Waals surface area contributed by atoms with Gasteiger partial charge in [0.25, 0.3) is 0 Å². The third-order valence-electron chi connectivity index (χ3n) is 3.56. The van der Waals surface area contributed by atoms with Gasteiger partial charge in [-0.1, -0.05) is 6.92 Å². The molecule has 23 heavy (non-hydrogen) atoms. The maximum atomic E-state index is 13.4. The Bertz CT molecular complexity index is 924. The van der Waals surface area contributed by atoms with Gasteiger partial charge in [-0.05, 0) is 36.2 Å². The largest absolute Gasteiger partial charge is 0.508 e. The molecule has 0 aliphatic heterocycles. The molecule has 0 saturated heterocycles. The van der Waals surface area contributed by atoms with Crippen LogP contribution in [-0.4, -0.2) is 19.6 Å². The number of H-pyrrole nitrogens is 1. The molecule has 1 aromatic carbocycles. The molecule has 0 unspecified atom stereocenters. The molecule has 0 atom stereocenters. The van der Waals surface area contributed by atoms with E-state index in [9.17, 15) is 23.1 Å². The van der Waals surface area contributed by atoms with Crippen molar-refractivity contribution in [2.24, 2.45) is 0 Å². The zero-order valence-corrected chi connectivity index (χ0v) is 12.0. The number of rotatable bonds is 2. The second kappa shape index (κ2) is 5.15. The van der Waals surface area contributed by atoms with Crippen molar-refractivity contribution >= 4 is 11.2 Å². The van der Waals surface area contributed by atoms with E-state index in [4.69, 9.17) is 0 Å². The quantitative estimate of drug-likeness (QED) is 0.761. The number of nitrogens with one attached hydrogen (secondary N) is 1. The van der Waals surface area contributed by atoms with Crippen molar-refractivity contribution in [3.8, 4) is 11.4 Å². The predicted molar refractivity (Wildman–Crippen MR) is 77.7 cm³/mol. The Morgan fingerprint density at radius 3 is 2.48 bits per heavy atom. The smallest absolute Gasteiger partial charge is 0.418 e. The van der Waals surface area contributed by atoms with Crippen LogP contribution in [0.15, 0.2) is 35.3 Å². The van der Waals surface area contributed by atoms with Crippen LogP contribution in [0, 0.1) is 0 Å². The predicted octanol–water partition coefficient (Wildman–Crippen LogP) is 3.00. The first kappa shape index (κ1) is 15.1. The fourth-order valence-electron chi connectivity index (χ4n) is 2.52. The highest BCUT2D eigenvalue weighted by Gasteiger charge is 2.37. The normalized spacial score (nSPS) is 12.0. The van der Waals surface area contributed by atoms with Gasteiger partial charge in [0, 0.05) is 6.20 Å². The number of phenols is 1. The first-order chi connectivity index (χ1) is 10.8. The van der Waals surface area contributed by atoms with Crippen LogP contribution in [-0.2, 0) is 12.6 Å². The van der Waals surface area contributed by atoms with Gasteiger partial charge < -0.3 is 10.1 Å². The van der Waals surface area contributed by atoms with Crippen molar-refractivity contribution < 1.29 is 18.3 Å². The van der Waals surface area contributed by atoms with E-state index < -0.39 is 17.4 Å². The molecule has 120 valence electrons. The Morgan fingerprint density at radius 2 is 1.91 bits per heavy atom. The lowest BCUT2D eigenvalue weighted by molar-refractivity contribution is -0.137. The number of nitrogens with zero attached hydrogens (tertiary/aromatic N) is 2. The SMILES string of the molecule is CCc1cnc2c([nH]c(=O)n2-c2ccc(O)cc2)c1C(F)(F)F. The summed E-state index contributed by atoms with van der Waals surface area (Å²) >= 11 is 0. The maximum absolute atomic E-state index is 13.4. The minimum Gasteiger partial charge on any atom is -0.508 e. The van der Waals surface area contributed by atoms with Crippen LogP contribution >= 0.6 is 0 Å². The van der Waals surface area contributed by atoms with E-state index in [2.05, 4.69) is 9.97 Å². The second-order valence-electron chi connectivity index (χ2n) is 4.99. The maximum Gasteiger partial charge on any atom is 0.418 e. The third-order valence-corrected chi connectivity index (χ3v) is 3.56. The highest BCUT2D eigenvalue weighted by molar-refractivity contribution is 5.78. The van der Waals surface area contributed by atoms with Crippen LogP contribution in [0.1, 0.15) is 18.1 Å². The number of hydrogen-bond acceptors (Lipinski definition) is 3. The molecule has 2 aromatic heterocycles. The van der Waals surface area contributed by atoms with E-state index in [-0.39, 0.29) is 28.9 Å². The summed E-state index contributed by atoms with van der Waals surface area (Å²) in [7, 11) is 0. The van der Waals surface area contributed by atoms with Gasteiger partial charge >= 0.3 is 11.9 Å². The fourth-order valence-corrected chi connectivity index (χ4v) is 2.52. The molecule has 0 amide bonds. The van der Waals surface area contributed by atoms with Crippen molar-refractivity contribution in [3.05, 3.63) is 52.1 Å². The summed E-state index contributed by atoms with van der Waals surface area (Å²) in [6.45, 7) is 1.59. The number of pyridine rings is 1. The molecular formula is C15H12F3N3O2. The van der Waals surface area contributed by atoms with Gasteiger partial charge in [0.05, 0.1) is 16.8 Å². The molecule has 3 aromatic rings. The summed E-state index contributed by atoms with van der Waals surface area (Å²) < 4.78 is 41.2. The van der Waals surface area contributed by atoms with E-state index in [1.165, 1.54) is 24.3 Å². The van der Waals surface area contributed by atoms with Gasteiger partial charge in [0.1, 0.15) is 5.75 Å². The van der Waals surface area contributed by atoms with Gasteiger partial charge in [-0.3, -0.25) is 0 Å². The Balaban J connectivity index is 2.37. The minimum atomic E-state index is -4.60. The lowest BCUT2D eigenvalue weighted by Crippen LogP contribution is -2.14. The van der Waals surface area contributed by atoms with Gasteiger partial charge in [0.2, 0.25) is 0 Å². The van der Waals surface area contributed by atoms with Gasteiger partial charge in [-0.25, -0.2) is 14.3 Å². The Kier molecular flexibility index (Phi) is 3.39. The van der Waals surface area contributed by atoms with Gasteiger partial charge in [0.15, 0.2) is 5.65 Å². The molecule has 0 bridgehead atoms. The summed E-state index contributed by atoms with van der Waals surface area (Å²) in [5, 5.41) is 9.30. The van der Waals surface area contributed by atoms with E-state index in [1.807, 2.05) is 0 Å².